The predicted octanol–water partition coefficient (Wildman–Crippen LogP) is 4.57. The van der Waals surface area contributed by atoms with Gasteiger partial charge in [-0.15, -0.1) is 0 Å². The molecule has 0 amide bonds. The maximum Gasteiger partial charge on any atom is 0.435 e. The molecular formula is C30H25F7N8O2. The molecule has 47 heavy (non-hydrogen) atoms. The van der Waals surface area contributed by atoms with Gasteiger partial charge < -0.3 is 10.8 Å². The van der Waals surface area contributed by atoms with Crippen LogP contribution < -0.4 is 16.7 Å². The van der Waals surface area contributed by atoms with Crippen LogP contribution in [0.5, 0.6) is 0 Å². The smallest absolute Gasteiger partial charge is 0.397 e. The number of anilines is 1. The van der Waals surface area contributed by atoms with Crippen LogP contribution in [0.2, 0.25) is 0 Å². The molecule has 5 N–H and O–H groups in total. The van der Waals surface area contributed by atoms with Gasteiger partial charge in [0, 0.05) is 34.4 Å². The van der Waals surface area contributed by atoms with Gasteiger partial charge in [-0.3, -0.25) is 15.0 Å². The monoisotopic (exact) mass is 662 g/mol. The second-order valence-corrected chi connectivity index (χ2v) is 11.8. The topological polar surface area (TPSA) is 139 Å². The number of aliphatic hydroxyl groups excluding tert-OH is 1. The fourth-order valence-electron chi connectivity index (χ4n) is 6.67. The Balaban J connectivity index is 1.30. The van der Waals surface area contributed by atoms with Gasteiger partial charge in [0.1, 0.15) is 23.6 Å². The number of nitrogens with zero attached hydrogens (tertiary/aromatic N) is 5. The Kier molecular flexibility index (Phi) is 6.98. The molecule has 4 atom stereocenters. The molecule has 1 aromatic carbocycles. The minimum Gasteiger partial charge on any atom is -0.397 e. The molecule has 1 unspecified atom stereocenters. The zero-order valence-electron chi connectivity index (χ0n) is 24.3. The number of H-pyrrole nitrogens is 1. The van der Waals surface area contributed by atoms with Crippen LogP contribution in [-0.2, 0) is 25.1 Å². The van der Waals surface area contributed by atoms with Gasteiger partial charge in [-0.25, -0.2) is 23.1 Å². The van der Waals surface area contributed by atoms with Crippen molar-refractivity contribution in [3.05, 3.63) is 98.6 Å². The number of benzene rings is 1. The molecule has 0 saturated heterocycles. The van der Waals surface area contributed by atoms with Gasteiger partial charge in [0.05, 0.1) is 30.2 Å². The van der Waals surface area contributed by atoms with E-state index in [2.05, 4.69) is 25.6 Å². The summed E-state index contributed by atoms with van der Waals surface area (Å²) in [7, 11) is 0. The highest BCUT2D eigenvalue weighted by Crippen LogP contribution is 2.68. The van der Waals surface area contributed by atoms with E-state index in [4.69, 9.17) is 5.73 Å². The number of fused-ring (bicyclic) bond motifs is 4. The SMILES string of the molecule is Cc1c(-c2cc(N)cnc2[C@H](Cc2cc(F)cc(F)c2)NC(O)Cn2nc(C(F)(F)F)c3c2C(F)(F)[C@@H]2C[C@H]32)ccc2n[nH]c(=O)n12. The minimum atomic E-state index is -5.00. The average molecular weight is 663 g/mol. The average Bonchev–Trinajstić information content (AvgIpc) is 3.46. The summed E-state index contributed by atoms with van der Waals surface area (Å²) >= 11 is 0. The molecule has 246 valence electrons. The Morgan fingerprint density at radius 1 is 1.15 bits per heavy atom. The highest BCUT2D eigenvalue weighted by molar-refractivity contribution is 5.73. The van der Waals surface area contributed by atoms with Crippen LogP contribution in [-0.4, -0.2) is 40.7 Å². The third kappa shape index (κ3) is 5.22. The summed E-state index contributed by atoms with van der Waals surface area (Å²) in [5, 5.41) is 23.7. The number of nitrogen functional groups attached to an aromatic ring is 1. The number of hydrogen-bond acceptors (Lipinski definition) is 7. The summed E-state index contributed by atoms with van der Waals surface area (Å²) in [5.41, 5.74) is 4.66. The van der Waals surface area contributed by atoms with Crippen molar-refractivity contribution < 1.29 is 35.8 Å². The Morgan fingerprint density at radius 2 is 1.87 bits per heavy atom. The molecule has 5 aromatic rings. The molecule has 2 aliphatic rings. The van der Waals surface area contributed by atoms with E-state index in [1.165, 1.54) is 16.7 Å². The van der Waals surface area contributed by atoms with Gasteiger partial charge in [0.15, 0.2) is 11.3 Å². The molecule has 0 bridgehead atoms. The lowest BCUT2D eigenvalue weighted by atomic mass is 9.94. The van der Waals surface area contributed by atoms with E-state index in [0.29, 0.717) is 33.2 Å². The minimum absolute atomic E-state index is 0.0937. The maximum absolute atomic E-state index is 15.2. The number of hydrogen-bond donors (Lipinski definition) is 4. The Bertz CT molecular complexity index is 2080. The molecule has 0 spiro atoms. The number of alkyl halides is 5. The fourth-order valence-corrected chi connectivity index (χ4v) is 6.67. The van der Waals surface area contributed by atoms with E-state index in [9.17, 15) is 31.9 Å². The van der Waals surface area contributed by atoms with Crippen LogP contribution in [0.3, 0.4) is 0 Å². The number of aryl methyl sites for hydroxylation is 1. The molecule has 0 radical (unpaired) electrons. The summed E-state index contributed by atoms with van der Waals surface area (Å²) in [6.07, 6.45) is -5.84. The van der Waals surface area contributed by atoms with E-state index in [1.54, 1.807) is 19.1 Å². The van der Waals surface area contributed by atoms with Gasteiger partial charge >= 0.3 is 11.9 Å². The van der Waals surface area contributed by atoms with E-state index >= 15 is 8.78 Å². The summed E-state index contributed by atoms with van der Waals surface area (Å²) in [4.78, 5) is 16.9. The molecule has 1 saturated carbocycles. The third-order valence-electron chi connectivity index (χ3n) is 8.68. The molecule has 7 rings (SSSR count). The number of nitrogens with two attached hydrogens (primary N) is 1. The summed E-state index contributed by atoms with van der Waals surface area (Å²) < 4.78 is 102. The van der Waals surface area contributed by atoms with Crippen LogP contribution in [0.1, 0.15) is 52.3 Å². The van der Waals surface area contributed by atoms with Gasteiger partial charge in [0.2, 0.25) is 0 Å². The number of nitrogens with one attached hydrogen (secondary N) is 2. The Hall–Kier alpha value is -4.77. The van der Waals surface area contributed by atoms with E-state index in [1.807, 2.05) is 0 Å². The quantitative estimate of drug-likeness (QED) is 0.141. The van der Waals surface area contributed by atoms with Crippen molar-refractivity contribution in [2.45, 2.75) is 56.6 Å². The normalized spacial score (nSPS) is 19.5. The summed E-state index contributed by atoms with van der Waals surface area (Å²) in [6, 6.07) is 6.34. The first kappa shape index (κ1) is 30.9. The second-order valence-electron chi connectivity index (χ2n) is 11.8. The van der Waals surface area contributed by atoms with Crippen molar-refractivity contribution in [2.24, 2.45) is 5.92 Å². The molecule has 1 fully saturated rings. The van der Waals surface area contributed by atoms with Crippen LogP contribution in [0.25, 0.3) is 16.8 Å². The van der Waals surface area contributed by atoms with Crippen molar-refractivity contribution >= 4 is 11.3 Å². The first-order chi connectivity index (χ1) is 22.1. The molecular weight excluding hydrogens is 637 g/mol. The highest BCUT2D eigenvalue weighted by Gasteiger charge is 2.68. The fraction of sp³-hybridized carbons (Fsp3) is 0.333. The maximum atomic E-state index is 15.2. The lowest BCUT2D eigenvalue weighted by molar-refractivity contribution is -0.142. The Morgan fingerprint density at radius 3 is 2.57 bits per heavy atom. The molecule has 10 nitrogen and oxygen atoms in total. The number of aromatic nitrogens is 6. The molecule has 2 aliphatic carbocycles. The number of aliphatic hydroxyl groups is 1. The summed E-state index contributed by atoms with van der Waals surface area (Å²) in [6.45, 7) is 0.813. The number of rotatable bonds is 8. The highest BCUT2D eigenvalue weighted by atomic mass is 19.4. The first-order valence-electron chi connectivity index (χ1n) is 14.4. The lowest BCUT2D eigenvalue weighted by Crippen LogP contribution is -2.39. The third-order valence-corrected chi connectivity index (χ3v) is 8.68. The zero-order valence-corrected chi connectivity index (χ0v) is 24.3. The van der Waals surface area contributed by atoms with Crippen LogP contribution >= 0.6 is 0 Å². The lowest BCUT2D eigenvalue weighted by Gasteiger charge is -2.26. The van der Waals surface area contributed by atoms with Gasteiger partial charge in [-0.1, -0.05) is 0 Å². The Labute approximate surface area is 260 Å². The second kappa shape index (κ2) is 10.6. The number of aromatic amines is 1. The molecule has 4 heterocycles. The van der Waals surface area contributed by atoms with Crippen molar-refractivity contribution in [1.29, 1.82) is 0 Å². The largest absolute Gasteiger partial charge is 0.435 e. The van der Waals surface area contributed by atoms with Crippen molar-refractivity contribution in [1.82, 2.24) is 34.7 Å². The van der Waals surface area contributed by atoms with Crippen LogP contribution in [0.4, 0.5) is 36.4 Å². The van der Waals surface area contributed by atoms with E-state index in [0.717, 1.165) is 12.1 Å². The number of pyridine rings is 2. The van der Waals surface area contributed by atoms with Crippen LogP contribution in [0, 0.1) is 24.5 Å². The van der Waals surface area contributed by atoms with Crippen LogP contribution in [0.15, 0.2) is 47.4 Å². The molecule has 17 heteroatoms. The van der Waals surface area contributed by atoms with Crippen molar-refractivity contribution in [3.8, 4) is 11.1 Å². The van der Waals surface area contributed by atoms with Gasteiger partial charge in [0.25, 0.3) is 5.92 Å². The van der Waals surface area contributed by atoms with E-state index in [-0.39, 0.29) is 29.8 Å². The number of halogens is 7. The zero-order chi connectivity index (χ0) is 33.6. The molecule has 4 aromatic heterocycles. The van der Waals surface area contributed by atoms with E-state index < -0.39 is 77.0 Å². The molecule has 0 aliphatic heterocycles. The van der Waals surface area contributed by atoms with Crippen molar-refractivity contribution in [2.75, 3.05) is 5.73 Å². The van der Waals surface area contributed by atoms with Crippen molar-refractivity contribution in [3.63, 3.8) is 0 Å². The summed E-state index contributed by atoms with van der Waals surface area (Å²) in [5.74, 6) is -7.61. The first-order valence-corrected chi connectivity index (χ1v) is 14.4. The van der Waals surface area contributed by atoms with Gasteiger partial charge in [-0.05, 0) is 61.6 Å². The van der Waals surface area contributed by atoms with Gasteiger partial charge in [-0.2, -0.15) is 32.1 Å². The predicted molar refractivity (Wildman–Crippen MR) is 152 cm³/mol. The standard InChI is InChI=1S/C30H25F7N8O2/c1-12-17(2-3-22-41-42-28(47)45(12)22)18-8-16(38)10-39-25(18)21(6-13-4-14(31)7-15(32)5-13)40-23(46)11-44-27-24(26(43-44)30(35,36)37)19-9-20(19)29(27,33)34/h2-5,7-8,10,19-21,23,40,46H,6,9,11,38H2,1H3,(H,42,47)/t19-,20+,21-,23?/m0/s1.